The van der Waals surface area contributed by atoms with Crippen LogP contribution < -0.4 is 15.6 Å². The summed E-state index contributed by atoms with van der Waals surface area (Å²) in [5, 5.41) is 4.37. The van der Waals surface area contributed by atoms with Gasteiger partial charge in [-0.15, -0.1) is 0 Å². The molecule has 3 N–H and O–H groups in total. The zero-order valence-electron chi connectivity index (χ0n) is 16.3. The molecule has 0 atom stereocenters. The highest BCUT2D eigenvalue weighted by Crippen LogP contribution is 2.30. The van der Waals surface area contributed by atoms with E-state index < -0.39 is 11.6 Å². The Balaban J connectivity index is 1.45. The molecule has 8 heteroatoms. The van der Waals surface area contributed by atoms with E-state index in [1.165, 1.54) is 17.7 Å². The second kappa shape index (κ2) is 8.03. The molecule has 1 aliphatic rings. The molecule has 0 spiro atoms. The maximum absolute atomic E-state index is 13.9. The first-order chi connectivity index (χ1) is 15.1. The summed E-state index contributed by atoms with van der Waals surface area (Å²) in [5.74, 6) is -0.387. The van der Waals surface area contributed by atoms with Crippen molar-refractivity contribution < 1.29 is 8.78 Å². The summed E-state index contributed by atoms with van der Waals surface area (Å²) in [6, 6.07) is 13.1. The molecule has 2 aromatic carbocycles. The van der Waals surface area contributed by atoms with E-state index in [2.05, 4.69) is 21.1 Å². The molecule has 4 aromatic rings. The fraction of sp³-hybridized carbons (Fsp3) is 0.130. The van der Waals surface area contributed by atoms with Crippen molar-refractivity contribution in [1.82, 2.24) is 9.97 Å². The molecule has 2 aromatic heterocycles. The van der Waals surface area contributed by atoms with Gasteiger partial charge >= 0.3 is 0 Å². The van der Waals surface area contributed by atoms with Crippen molar-refractivity contribution in [2.45, 2.75) is 17.7 Å². The molecule has 0 radical (unpaired) electrons. The number of rotatable bonds is 4. The maximum atomic E-state index is 13.9. The largest absolute Gasteiger partial charge is 0.370 e. The first-order valence-electron chi connectivity index (χ1n) is 9.85. The van der Waals surface area contributed by atoms with Crippen LogP contribution in [-0.4, -0.2) is 16.5 Å². The Morgan fingerprint density at radius 2 is 1.94 bits per heavy atom. The molecular weight excluding hydrogens is 418 g/mol. The summed E-state index contributed by atoms with van der Waals surface area (Å²) in [5.41, 5.74) is 3.79. The van der Waals surface area contributed by atoms with Gasteiger partial charge in [0.2, 0.25) is 0 Å². The summed E-state index contributed by atoms with van der Waals surface area (Å²) in [4.78, 5) is 19.9. The predicted octanol–water partition coefficient (Wildman–Crippen LogP) is 5.35. The van der Waals surface area contributed by atoms with Crippen molar-refractivity contribution >= 4 is 34.4 Å². The second-order valence-electron chi connectivity index (χ2n) is 7.34. The highest BCUT2D eigenvalue weighted by molar-refractivity contribution is 8.00. The molecule has 31 heavy (non-hydrogen) atoms. The van der Waals surface area contributed by atoms with Crippen LogP contribution >= 0.6 is 11.9 Å². The van der Waals surface area contributed by atoms with Gasteiger partial charge in [-0.2, -0.15) is 0 Å². The Morgan fingerprint density at radius 3 is 2.81 bits per heavy atom. The number of nitrogens with zero attached hydrogens (tertiary/aromatic N) is 1. The summed E-state index contributed by atoms with van der Waals surface area (Å²) in [7, 11) is 0. The van der Waals surface area contributed by atoms with Crippen molar-refractivity contribution in [3.8, 4) is 11.1 Å². The molecule has 0 saturated carbocycles. The predicted molar refractivity (Wildman–Crippen MR) is 120 cm³/mol. The number of pyridine rings is 2. The molecule has 0 amide bonds. The lowest BCUT2D eigenvalue weighted by molar-refractivity contribution is 0.566. The van der Waals surface area contributed by atoms with Gasteiger partial charge in [0.05, 0.1) is 10.4 Å². The Hall–Kier alpha value is -3.39. The summed E-state index contributed by atoms with van der Waals surface area (Å²) < 4.78 is 29.8. The van der Waals surface area contributed by atoms with E-state index in [0.29, 0.717) is 0 Å². The number of H-pyrrole nitrogens is 1. The molecule has 0 saturated heterocycles. The minimum atomic E-state index is -0.690. The van der Waals surface area contributed by atoms with Gasteiger partial charge in [0, 0.05) is 29.8 Å². The first kappa shape index (κ1) is 19.6. The third kappa shape index (κ3) is 3.98. The molecule has 0 aliphatic carbocycles. The third-order valence-corrected chi connectivity index (χ3v) is 6.08. The second-order valence-corrected chi connectivity index (χ2v) is 8.19. The van der Waals surface area contributed by atoms with Crippen molar-refractivity contribution in [3.63, 3.8) is 0 Å². The number of aromatic nitrogens is 2. The van der Waals surface area contributed by atoms with Crippen molar-refractivity contribution in [1.29, 1.82) is 0 Å². The lowest BCUT2D eigenvalue weighted by Crippen LogP contribution is -2.13. The fourth-order valence-electron chi connectivity index (χ4n) is 3.62. The van der Waals surface area contributed by atoms with E-state index >= 15 is 0 Å². The molecule has 0 bridgehead atoms. The summed E-state index contributed by atoms with van der Waals surface area (Å²) in [6.45, 7) is 0.941. The Bertz CT molecular complexity index is 1360. The van der Waals surface area contributed by atoms with E-state index in [9.17, 15) is 13.6 Å². The van der Waals surface area contributed by atoms with Crippen LogP contribution in [0.15, 0.2) is 64.4 Å². The summed E-state index contributed by atoms with van der Waals surface area (Å²) in [6.07, 6.45) is 3.73. The SMILES string of the molecule is O=c1[nH]cc(-c2ccc3nc4c(cc3c2)CCCN4)cc1NSc1ccc(F)cc1F. The van der Waals surface area contributed by atoms with E-state index in [1.807, 2.05) is 18.2 Å². The molecule has 1 aliphatic heterocycles. The van der Waals surface area contributed by atoms with Gasteiger partial charge in [-0.05, 0) is 72.3 Å². The van der Waals surface area contributed by atoms with Crippen LogP contribution in [0.3, 0.4) is 0 Å². The van der Waals surface area contributed by atoms with Crippen LogP contribution in [-0.2, 0) is 6.42 Å². The lowest BCUT2D eigenvalue weighted by Gasteiger charge is -2.17. The Morgan fingerprint density at radius 1 is 1.03 bits per heavy atom. The smallest absolute Gasteiger partial charge is 0.272 e. The minimum absolute atomic E-state index is 0.196. The van der Waals surface area contributed by atoms with Gasteiger partial charge in [0.1, 0.15) is 23.1 Å². The molecule has 0 unspecified atom stereocenters. The van der Waals surface area contributed by atoms with E-state index in [1.54, 1.807) is 12.3 Å². The number of anilines is 2. The summed E-state index contributed by atoms with van der Waals surface area (Å²) >= 11 is 0.916. The van der Waals surface area contributed by atoms with Crippen molar-refractivity contribution in [2.24, 2.45) is 0 Å². The molecule has 5 nitrogen and oxygen atoms in total. The van der Waals surface area contributed by atoms with E-state index in [-0.39, 0.29) is 16.1 Å². The normalized spacial score (nSPS) is 13.0. The van der Waals surface area contributed by atoms with E-state index in [4.69, 9.17) is 4.98 Å². The molecule has 156 valence electrons. The molecular formula is C23H18F2N4OS. The molecule has 5 rings (SSSR count). The zero-order valence-corrected chi connectivity index (χ0v) is 17.2. The third-order valence-electron chi connectivity index (χ3n) is 5.21. The maximum Gasteiger partial charge on any atom is 0.272 e. The average molecular weight is 436 g/mol. The average Bonchev–Trinajstić information content (AvgIpc) is 2.77. The lowest BCUT2D eigenvalue weighted by atomic mass is 10.0. The fourth-order valence-corrected chi connectivity index (χ4v) is 4.29. The van der Waals surface area contributed by atoms with Gasteiger partial charge in [-0.3, -0.25) is 4.79 Å². The standard InChI is InChI=1S/C23H18F2N4OS/c24-17-4-6-21(18(25)11-17)31-29-20-10-16(12-27-23(20)30)13-3-5-19-15(8-13)9-14-2-1-7-26-22(14)28-19/h3-6,8-12,29H,1-2,7H2,(H,26,28)(H,27,30). The Kier molecular flexibility index (Phi) is 5.07. The Labute approximate surface area is 181 Å². The molecule has 3 heterocycles. The van der Waals surface area contributed by atoms with Crippen molar-refractivity contribution in [2.75, 3.05) is 16.6 Å². The molecule has 0 fully saturated rings. The van der Waals surface area contributed by atoms with E-state index in [0.717, 1.165) is 65.2 Å². The van der Waals surface area contributed by atoms with Crippen LogP contribution in [0.25, 0.3) is 22.0 Å². The van der Waals surface area contributed by atoms with Crippen LogP contribution in [0.5, 0.6) is 0 Å². The number of benzene rings is 2. The van der Waals surface area contributed by atoms with Gasteiger partial charge in [-0.25, -0.2) is 13.8 Å². The monoisotopic (exact) mass is 436 g/mol. The van der Waals surface area contributed by atoms with Crippen LogP contribution in [0.4, 0.5) is 20.3 Å². The number of nitrogens with one attached hydrogen (secondary N) is 3. The van der Waals surface area contributed by atoms with Gasteiger partial charge < -0.3 is 15.0 Å². The number of hydrogen-bond donors (Lipinski definition) is 3. The highest BCUT2D eigenvalue weighted by atomic mass is 32.2. The van der Waals surface area contributed by atoms with Crippen molar-refractivity contribution in [3.05, 3.63) is 82.3 Å². The van der Waals surface area contributed by atoms with Gasteiger partial charge in [-0.1, -0.05) is 6.07 Å². The number of fused-ring (bicyclic) bond motifs is 2. The topological polar surface area (TPSA) is 69.8 Å². The quantitative estimate of drug-likeness (QED) is 0.377. The highest BCUT2D eigenvalue weighted by Gasteiger charge is 2.12. The number of hydrogen-bond acceptors (Lipinski definition) is 5. The number of aromatic amines is 1. The van der Waals surface area contributed by atoms with Crippen LogP contribution in [0, 0.1) is 11.6 Å². The minimum Gasteiger partial charge on any atom is -0.370 e. The zero-order chi connectivity index (χ0) is 21.4. The van der Waals surface area contributed by atoms with Gasteiger partial charge in [0.15, 0.2) is 0 Å². The number of aryl methyl sites for hydroxylation is 1. The first-order valence-corrected chi connectivity index (χ1v) is 10.7. The van der Waals surface area contributed by atoms with Crippen LogP contribution in [0.1, 0.15) is 12.0 Å². The van der Waals surface area contributed by atoms with Crippen LogP contribution in [0.2, 0.25) is 0 Å². The van der Waals surface area contributed by atoms with Gasteiger partial charge in [0.25, 0.3) is 5.56 Å². The number of halogens is 2.